The van der Waals surface area contributed by atoms with E-state index in [9.17, 15) is 9.18 Å². The van der Waals surface area contributed by atoms with Crippen molar-refractivity contribution in [2.24, 2.45) is 0 Å². The van der Waals surface area contributed by atoms with Gasteiger partial charge in [0, 0.05) is 31.6 Å². The molecule has 0 aliphatic carbocycles. The monoisotopic (exact) mass is 350 g/mol. The summed E-state index contributed by atoms with van der Waals surface area (Å²) in [6, 6.07) is 8.33. The molecule has 110 valence electrons. The number of rotatable bonds is 3. The Labute approximate surface area is 131 Å². The number of nitrogens with one attached hydrogen (secondary N) is 1. The zero-order valence-corrected chi connectivity index (χ0v) is 13.1. The summed E-state index contributed by atoms with van der Waals surface area (Å²) in [5.41, 5.74) is 3.26. The Hall–Kier alpha value is -1.46. The molecule has 2 heterocycles. The normalized spacial score (nSPS) is 14.0. The third kappa shape index (κ3) is 3.09. The van der Waals surface area contributed by atoms with Crippen molar-refractivity contribution in [1.29, 1.82) is 0 Å². The summed E-state index contributed by atoms with van der Waals surface area (Å²) in [4.78, 5) is 12.5. The summed E-state index contributed by atoms with van der Waals surface area (Å²) in [6.45, 7) is 1.71. The van der Waals surface area contributed by atoms with Crippen LogP contribution in [-0.4, -0.2) is 17.0 Å². The Kier molecular flexibility index (Phi) is 4.22. The van der Waals surface area contributed by atoms with Gasteiger partial charge in [-0.25, -0.2) is 4.39 Å². The highest BCUT2D eigenvalue weighted by Crippen LogP contribution is 2.24. The highest BCUT2D eigenvalue weighted by Gasteiger charge is 2.20. The van der Waals surface area contributed by atoms with Gasteiger partial charge in [0.1, 0.15) is 5.82 Å². The van der Waals surface area contributed by atoms with Gasteiger partial charge in [-0.1, -0.05) is 12.1 Å². The first kappa shape index (κ1) is 14.5. The van der Waals surface area contributed by atoms with Crippen molar-refractivity contribution in [3.05, 3.63) is 57.6 Å². The van der Waals surface area contributed by atoms with Gasteiger partial charge >= 0.3 is 0 Å². The van der Waals surface area contributed by atoms with E-state index >= 15 is 0 Å². The second kappa shape index (κ2) is 6.12. The molecule has 2 aromatic rings. The first-order chi connectivity index (χ1) is 10.1. The standard InChI is InChI=1S/C16H16BrFN2O/c17-15-9-12-10-19-8-7-14(12)20(15)16(21)6-3-11-1-4-13(18)5-2-11/h1-2,4-5,9,19H,3,6-8,10H2. The van der Waals surface area contributed by atoms with Gasteiger partial charge in [-0.3, -0.25) is 9.36 Å². The van der Waals surface area contributed by atoms with Crippen LogP contribution in [-0.2, 0) is 19.4 Å². The number of hydrogen-bond acceptors (Lipinski definition) is 2. The van der Waals surface area contributed by atoms with Crippen molar-refractivity contribution in [3.8, 4) is 0 Å². The summed E-state index contributed by atoms with van der Waals surface area (Å²) >= 11 is 3.48. The van der Waals surface area contributed by atoms with Crippen LogP contribution < -0.4 is 5.32 Å². The number of aromatic nitrogens is 1. The smallest absolute Gasteiger partial charge is 0.232 e. The lowest BCUT2D eigenvalue weighted by Gasteiger charge is -2.16. The van der Waals surface area contributed by atoms with Crippen molar-refractivity contribution in [2.45, 2.75) is 25.8 Å². The minimum absolute atomic E-state index is 0.0781. The third-order valence-electron chi connectivity index (χ3n) is 3.79. The molecule has 1 N–H and O–H groups in total. The van der Waals surface area contributed by atoms with Gasteiger partial charge in [0.25, 0.3) is 0 Å². The van der Waals surface area contributed by atoms with Crippen molar-refractivity contribution in [2.75, 3.05) is 6.54 Å². The highest BCUT2D eigenvalue weighted by molar-refractivity contribution is 9.10. The second-order valence-corrected chi connectivity index (χ2v) is 6.03. The fourth-order valence-corrected chi connectivity index (χ4v) is 3.39. The molecule has 1 aliphatic heterocycles. The van der Waals surface area contributed by atoms with Gasteiger partial charge in [0.15, 0.2) is 0 Å². The summed E-state index contributed by atoms with van der Waals surface area (Å²) in [5.74, 6) is -0.172. The average Bonchev–Trinajstić information content (AvgIpc) is 2.82. The first-order valence-electron chi connectivity index (χ1n) is 7.02. The number of halogens is 2. The maximum absolute atomic E-state index is 12.9. The summed E-state index contributed by atoms with van der Waals surface area (Å²) in [5, 5.41) is 3.30. The lowest BCUT2D eigenvalue weighted by molar-refractivity contribution is 0.0897. The zero-order valence-electron chi connectivity index (χ0n) is 11.5. The van der Waals surface area contributed by atoms with Crippen molar-refractivity contribution < 1.29 is 9.18 Å². The minimum Gasteiger partial charge on any atom is -0.312 e. The molecular formula is C16H16BrFN2O. The van der Waals surface area contributed by atoms with Gasteiger partial charge in [-0.05, 0) is 51.7 Å². The summed E-state index contributed by atoms with van der Waals surface area (Å²) < 4.78 is 15.5. The molecule has 0 amide bonds. The molecule has 0 bridgehead atoms. The maximum atomic E-state index is 12.9. The fourth-order valence-electron chi connectivity index (χ4n) is 2.70. The molecule has 0 unspecified atom stereocenters. The van der Waals surface area contributed by atoms with Crippen LogP contribution in [0.2, 0.25) is 0 Å². The van der Waals surface area contributed by atoms with E-state index in [2.05, 4.69) is 21.2 Å². The first-order valence-corrected chi connectivity index (χ1v) is 7.82. The third-order valence-corrected chi connectivity index (χ3v) is 4.38. The summed E-state index contributed by atoms with van der Waals surface area (Å²) in [7, 11) is 0. The van der Waals surface area contributed by atoms with Crippen LogP contribution in [0, 0.1) is 5.82 Å². The molecule has 0 fully saturated rings. The van der Waals surface area contributed by atoms with E-state index in [1.807, 2.05) is 6.07 Å². The molecule has 1 aromatic carbocycles. The van der Waals surface area contributed by atoms with Crippen LogP contribution in [0.15, 0.2) is 34.9 Å². The molecule has 1 aromatic heterocycles. The largest absolute Gasteiger partial charge is 0.312 e. The lowest BCUT2D eigenvalue weighted by atomic mass is 10.1. The van der Waals surface area contributed by atoms with E-state index in [0.29, 0.717) is 12.8 Å². The van der Waals surface area contributed by atoms with E-state index in [1.54, 1.807) is 16.7 Å². The topological polar surface area (TPSA) is 34.0 Å². The molecule has 0 saturated carbocycles. The average molecular weight is 351 g/mol. The van der Waals surface area contributed by atoms with Crippen LogP contribution in [0.25, 0.3) is 0 Å². The van der Waals surface area contributed by atoms with Crippen molar-refractivity contribution >= 4 is 21.8 Å². The maximum Gasteiger partial charge on any atom is 0.232 e. The summed E-state index contributed by atoms with van der Waals surface area (Å²) in [6.07, 6.45) is 1.90. The Morgan fingerprint density at radius 1 is 1.33 bits per heavy atom. The number of hydrogen-bond donors (Lipinski definition) is 1. The molecule has 0 atom stereocenters. The molecule has 0 spiro atoms. The van der Waals surface area contributed by atoms with Gasteiger partial charge in [-0.2, -0.15) is 0 Å². The van der Waals surface area contributed by atoms with Gasteiger partial charge in [0.05, 0.1) is 4.60 Å². The van der Waals surface area contributed by atoms with Gasteiger partial charge < -0.3 is 5.32 Å². The molecule has 0 radical (unpaired) electrons. The van der Waals surface area contributed by atoms with E-state index in [-0.39, 0.29) is 11.7 Å². The fraction of sp³-hybridized carbons (Fsp3) is 0.312. The lowest BCUT2D eigenvalue weighted by Crippen LogP contribution is -2.26. The van der Waals surface area contributed by atoms with Crippen LogP contribution in [0.1, 0.15) is 28.0 Å². The van der Waals surface area contributed by atoms with Crippen molar-refractivity contribution in [1.82, 2.24) is 9.88 Å². The molecule has 5 heteroatoms. The predicted molar refractivity (Wildman–Crippen MR) is 82.9 cm³/mol. The quantitative estimate of drug-likeness (QED) is 0.921. The highest BCUT2D eigenvalue weighted by atomic mass is 79.9. The number of benzene rings is 1. The minimum atomic E-state index is -0.250. The number of nitrogens with zero attached hydrogens (tertiary/aromatic N) is 1. The second-order valence-electron chi connectivity index (χ2n) is 5.22. The Morgan fingerprint density at radius 3 is 2.86 bits per heavy atom. The molecule has 3 rings (SSSR count). The Bertz CT molecular complexity index is 664. The van der Waals surface area contributed by atoms with Crippen molar-refractivity contribution in [3.63, 3.8) is 0 Å². The van der Waals surface area contributed by atoms with Gasteiger partial charge in [-0.15, -0.1) is 0 Å². The molecule has 3 nitrogen and oxygen atoms in total. The van der Waals surface area contributed by atoms with Crippen LogP contribution in [0.3, 0.4) is 0 Å². The van der Waals surface area contributed by atoms with Crippen LogP contribution >= 0.6 is 15.9 Å². The SMILES string of the molecule is O=C(CCc1ccc(F)cc1)n1c(Br)cc2c1CCNC2. The van der Waals surface area contributed by atoms with E-state index in [4.69, 9.17) is 0 Å². The number of aryl methyl sites for hydroxylation is 1. The molecule has 1 aliphatic rings. The molecular weight excluding hydrogens is 335 g/mol. The van der Waals surface area contributed by atoms with Crippen LogP contribution in [0.5, 0.6) is 0 Å². The zero-order chi connectivity index (χ0) is 14.8. The number of carbonyl (C=O) groups excluding carboxylic acids is 1. The number of carbonyl (C=O) groups is 1. The molecule has 0 saturated heterocycles. The Balaban J connectivity index is 1.73. The van der Waals surface area contributed by atoms with Gasteiger partial charge in [0.2, 0.25) is 5.91 Å². The van der Waals surface area contributed by atoms with Crippen LogP contribution in [0.4, 0.5) is 4.39 Å². The Morgan fingerprint density at radius 2 is 2.10 bits per heavy atom. The van der Waals surface area contributed by atoms with E-state index in [0.717, 1.165) is 35.4 Å². The molecule has 21 heavy (non-hydrogen) atoms. The van der Waals surface area contributed by atoms with E-state index < -0.39 is 0 Å². The number of fused-ring (bicyclic) bond motifs is 1. The van der Waals surface area contributed by atoms with E-state index in [1.165, 1.54) is 17.7 Å². The predicted octanol–water partition coefficient (Wildman–Crippen LogP) is 3.31.